The lowest BCUT2D eigenvalue weighted by molar-refractivity contribution is 0.300. The van der Waals surface area contributed by atoms with Gasteiger partial charge in [-0.15, -0.1) is 0 Å². The molecule has 0 aliphatic rings. The van der Waals surface area contributed by atoms with Gasteiger partial charge in [0.2, 0.25) is 0 Å². The van der Waals surface area contributed by atoms with Gasteiger partial charge < -0.3 is 10.4 Å². The Bertz CT molecular complexity index is 381. The number of hydrogen-bond acceptors (Lipinski definition) is 3. The van der Waals surface area contributed by atoms with E-state index in [4.69, 9.17) is 5.11 Å². The van der Waals surface area contributed by atoms with Crippen molar-refractivity contribution in [3.05, 3.63) is 34.9 Å². The molecule has 0 heterocycles. The number of aryl methyl sites for hydroxylation is 2. The van der Waals surface area contributed by atoms with Crippen molar-refractivity contribution >= 4 is 11.8 Å². The summed E-state index contributed by atoms with van der Waals surface area (Å²) in [6.45, 7) is 9.86. The Balaban J connectivity index is 2.73. The average Bonchev–Trinajstić information content (AvgIpc) is 2.42. The van der Waals surface area contributed by atoms with Crippen LogP contribution in [0.4, 0.5) is 0 Å². The van der Waals surface area contributed by atoms with Crippen molar-refractivity contribution in [2.24, 2.45) is 0 Å². The first-order chi connectivity index (χ1) is 9.08. The van der Waals surface area contributed by atoms with Crippen LogP contribution < -0.4 is 5.32 Å². The molecule has 0 saturated carbocycles. The molecule has 0 aliphatic carbocycles. The average molecular weight is 281 g/mol. The Morgan fingerprint density at radius 2 is 2.00 bits per heavy atom. The quantitative estimate of drug-likeness (QED) is 0.765. The van der Waals surface area contributed by atoms with E-state index in [-0.39, 0.29) is 6.61 Å². The molecule has 0 spiro atoms. The van der Waals surface area contributed by atoms with Gasteiger partial charge in [0.05, 0.1) is 6.61 Å². The molecule has 0 saturated heterocycles. The lowest BCUT2D eigenvalue weighted by Gasteiger charge is -2.21. The van der Waals surface area contributed by atoms with E-state index < -0.39 is 0 Å². The molecule has 1 aromatic rings. The summed E-state index contributed by atoms with van der Waals surface area (Å²) >= 11 is 1.83. The van der Waals surface area contributed by atoms with Gasteiger partial charge in [0.25, 0.3) is 0 Å². The van der Waals surface area contributed by atoms with E-state index in [0.29, 0.717) is 11.3 Å². The molecule has 19 heavy (non-hydrogen) atoms. The van der Waals surface area contributed by atoms with Gasteiger partial charge >= 0.3 is 0 Å². The van der Waals surface area contributed by atoms with Crippen LogP contribution in [0.3, 0.4) is 0 Å². The normalized spacial score (nSPS) is 14.4. The molecule has 2 unspecified atom stereocenters. The summed E-state index contributed by atoms with van der Waals surface area (Å²) in [6.07, 6.45) is 1.14. The Labute approximate surface area is 122 Å². The third kappa shape index (κ3) is 5.55. The molecule has 1 aromatic carbocycles. The molecule has 0 bridgehead atoms. The molecule has 0 aromatic heterocycles. The van der Waals surface area contributed by atoms with Crippen molar-refractivity contribution in [3.63, 3.8) is 0 Å². The summed E-state index contributed by atoms with van der Waals surface area (Å²) in [5, 5.41) is 13.0. The third-order valence-electron chi connectivity index (χ3n) is 3.38. The minimum absolute atomic E-state index is 0.248. The maximum atomic E-state index is 9.13. The predicted molar refractivity (Wildman–Crippen MR) is 86.0 cm³/mol. The minimum Gasteiger partial charge on any atom is -0.395 e. The van der Waals surface area contributed by atoms with Crippen LogP contribution in [-0.4, -0.2) is 29.3 Å². The summed E-state index contributed by atoms with van der Waals surface area (Å²) in [6, 6.07) is 7.08. The zero-order valence-electron chi connectivity index (χ0n) is 12.6. The molecule has 0 amide bonds. The molecule has 0 aliphatic heterocycles. The highest BCUT2D eigenvalue weighted by atomic mass is 32.2. The highest BCUT2D eigenvalue weighted by molar-refractivity contribution is 7.99. The maximum absolute atomic E-state index is 9.13. The number of aliphatic hydroxyl groups is 1. The number of thioether (sulfide) groups is 1. The molecule has 1 rings (SSSR count). The first kappa shape index (κ1) is 16.5. The van der Waals surface area contributed by atoms with Crippen molar-refractivity contribution in [2.45, 2.75) is 45.4 Å². The van der Waals surface area contributed by atoms with E-state index in [1.54, 1.807) is 0 Å². The van der Waals surface area contributed by atoms with Gasteiger partial charge in [0.15, 0.2) is 0 Å². The number of nitrogens with one attached hydrogen (secondary N) is 1. The first-order valence-electron chi connectivity index (χ1n) is 7.11. The lowest BCUT2D eigenvalue weighted by Crippen LogP contribution is -2.25. The summed E-state index contributed by atoms with van der Waals surface area (Å²) in [7, 11) is 0. The summed E-state index contributed by atoms with van der Waals surface area (Å²) in [5.41, 5.74) is 4.05. The van der Waals surface area contributed by atoms with Gasteiger partial charge in [-0.3, -0.25) is 0 Å². The van der Waals surface area contributed by atoms with E-state index in [0.717, 1.165) is 18.7 Å². The lowest BCUT2D eigenvalue weighted by atomic mass is 10.0. The van der Waals surface area contributed by atoms with E-state index in [1.165, 1.54) is 16.7 Å². The Kier molecular flexibility index (Phi) is 7.51. The van der Waals surface area contributed by atoms with Gasteiger partial charge in [-0.1, -0.05) is 32.0 Å². The molecule has 2 nitrogen and oxygen atoms in total. The zero-order chi connectivity index (χ0) is 14.3. The van der Waals surface area contributed by atoms with E-state index in [9.17, 15) is 0 Å². The SMILES string of the molecule is CCCNC(CSC(C)CO)c1ccc(C)c(C)c1. The van der Waals surface area contributed by atoms with Crippen LogP contribution in [0, 0.1) is 13.8 Å². The fraction of sp³-hybridized carbons (Fsp3) is 0.625. The minimum atomic E-state index is 0.248. The smallest absolute Gasteiger partial charge is 0.0547 e. The van der Waals surface area contributed by atoms with E-state index in [1.807, 2.05) is 11.8 Å². The van der Waals surface area contributed by atoms with Crippen LogP contribution >= 0.6 is 11.8 Å². The van der Waals surface area contributed by atoms with E-state index >= 15 is 0 Å². The molecule has 0 fully saturated rings. The highest BCUT2D eigenvalue weighted by Gasteiger charge is 2.13. The monoisotopic (exact) mass is 281 g/mol. The number of aliphatic hydroxyl groups excluding tert-OH is 1. The number of hydrogen-bond donors (Lipinski definition) is 2. The highest BCUT2D eigenvalue weighted by Crippen LogP contribution is 2.23. The third-order valence-corrected chi connectivity index (χ3v) is 4.62. The molecule has 2 N–H and O–H groups in total. The van der Waals surface area contributed by atoms with Crippen molar-refractivity contribution in [1.82, 2.24) is 5.32 Å². The molecule has 3 heteroatoms. The summed E-state index contributed by atoms with van der Waals surface area (Å²) < 4.78 is 0. The van der Waals surface area contributed by atoms with Crippen molar-refractivity contribution in [1.29, 1.82) is 0 Å². The van der Waals surface area contributed by atoms with Crippen LogP contribution in [0.2, 0.25) is 0 Å². The molecule has 108 valence electrons. The largest absolute Gasteiger partial charge is 0.395 e. The van der Waals surface area contributed by atoms with Gasteiger partial charge in [0, 0.05) is 17.0 Å². The number of benzene rings is 1. The van der Waals surface area contributed by atoms with Crippen LogP contribution in [0.15, 0.2) is 18.2 Å². The summed E-state index contributed by atoms with van der Waals surface area (Å²) in [5.74, 6) is 1.00. The Morgan fingerprint density at radius 3 is 2.58 bits per heavy atom. The van der Waals surface area contributed by atoms with Crippen molar-refractivity contribution < 1.29 is 5.11 Å². The van der Waals surface area contributed by atoms with Gasteiger partial charge in [-0.2, -0.15) is 11.8 Å². The van der Waals surface area contributed by atoms with Gasteiger partial charge in [-0.25, -0.2) is 0 Å². The topological polar surface area (TPSA) is 32.3 Å². The fourth-order valence-electron chi connectivity index (χ4n) is 1.89. The second-order valence-corrected chi connectivity index (χ2v) is 6.65. The van der Waals surface area contributed by atoms with Crippen LogP contribution in [-0.2, 0) is 0 Å². The zero-order valence-corrected chi connectivity index (χ0v) is 13.4. The summed E-state index contributed by atoms with van der Waals surface area (Å²) in [4.78, 5) is 0. The predicted octanol–water partition coefficient (Wildman–Crippen LogP) is 3.46. The second-order valence-electron chi connectivity index (χ2n) is 5.18. The van der Waals surface area contributed by atoms with Crippen molar-refractivity contribution in [2.75, 3.05) is 18.9 Å². The van der Waals surface area contributed by atoms with Crippen molar-refractivity contribution in [3.8, 4) is 0 Å². The van der Waals surface area contributed by atoms with Gasteiger partial charge in [-0.05, 0) is 43.5 Å². The molecular weight excluding hydrogens is 254 g/mol. The standard InChI is InChI=1S/C16H27NOS/c1-5-8-17-16(11-19-14(4)10-18)15-7-6-12(2)13(3)9-15/h6-7,9,14,16-18H,5,8,10-11H2,1-4H3. The fourth-order valence-corrected chi connectivity index (χ4v) is 2.82. The van der Waals surface area contributed by atoms with Crippen LogP contribution in [0.5, 0.6) is 0 Å². The first-order valence-corrected chi connectivity index (χ1v) is 8.16. The van der Waals surface area contributed by atoms with Gasteiger partial charge in [0.1, 0.15) is 0 Å². The van der Waals surface area contributed by atoms with Crippen LogP contribution in [0.1, 0.15) is 43.0 Å². The van der Waals surface area contributed by atoms with Crippen LogP contribution in [0.25, 0.3) is 0 Å². The second kappa shape index (κ2) is 8.62. The number of rotatable bonds is 8. The molecular formula is C16H27NOS. The molecule has 2 atom stereocenters. The Morgan fingerprint density at radius 1 is 1.26 bits per heavy atom. The Hall–Kier alpha value is -0.510. The molecule has 0 radical (unpaired) electrons. The maximum Gasteiger partial charge on any atom is 0.0547 e. The van der Waals surface area contributed by atoms with E-state index in [2.05, 4.69) is 51.2 Å².